The lowest BCUT2D eigenvalue weighted by Crippen LogP contribution is -2.28. The molecule has 0 spiro atoms. The van der Waals surface area contributed by atoms with Gasteiger partial charge in [-0.25, -0.2) is 14.4 Å². The summed E-state index contributed by atoms with van der Waals surface area (Å²) in [6, 6.07) is 8.55. The van der Waals surface area contributed by atoms with E-state index in [9.17, 15) is 4.39 Å². The van der Waals surface area contributed by atoms with Crippen LogP contribution >= 0.6 is 0 Å². The molecule has 0 bridgehead atoms. The molecule has 1 aliphatic rings. The van der Waals surface area contributed by atoms with E-state index < -0.39 is 0 Å². The zero-order valence-electron chi connectivity index (χ0n) is 10.6. The third-order valence-electron chi connectivity index (χ3n) is 3.42. The van der Waals surface area contributed by atoms with Crippen molar-refractivity contribution in [1.29, 1.82) is 0 Å². The Kier molecular flexibility index (Phi) is 3.51. The van der Waals surface area contributed by atoms with Crippen LogP contribution < -0.4 is 5.32 Å². The zero-order chi connectivity index (χ0) is 13.1. The topological polar surface area (TPSA) is 37.8 Å². The van der Waals surface area contributed by atoms with E-state index in [0.717, 1.165) is 30.0 Å². The average molecular weight is 257 g/mol. The Bertz CT molecular complexity index is 565. The second kappa shape index (κ2) is 5.45. The summed E-state index contributed by atoms with van der Waals surface area (Å²) >= 11 is 0. The molecule has 1 saturated heterocycles. The van der Waals surface area contributed by atoms with Gasteiger partial charge in [0.1, 0.15) is 11.6 Å². The van der Waals surface area contributed by atoms with E-state index in [-0.39, 0.29) is 11.9 Å². The lowest BCUT2D eigenvalue weighted by Gasteiger charge is -2.22. The third kappa shape index (κ3) is 2.79. The van der Waals surface area contributed by atoms with Crippen LogP contribution in [-0.2, 0) is 0 Å². The highest BCUT2D eigenvalue weighted by Crippen LogP contribution is 2.23. The lowest BCUT2D eigenvalue weighted by molar-refractivity contribution is 0.397. The van der Waals surface area contributed by atoms with Crippen LogP contribution in [0.1, 0.15) is 31.1 Å². The van der Waals surface area contributed by atoms with Crippen molar-refractivity contribution < 1.29 is 4.39 Å². The minimum atomic E-state index is -0.242. The van der Waals surface area contributed by atoms with Crippen LogP contribution in [0.2, 0.25) is 0 Å². The van der Waals surface area contributed by atoms with Crippen molar-refractivity contribution in [2.45, 2.75) is 25.3 Å². The lowest BCUT2D eigenvalue weighted by atomic mass is 10.0. The molecule has 1 atom stereocenters. The van der Waals surface area contributed by atoms with Crippen molar-refractivity contribution in [2.24, 2.45) is 0 Å². The van der Waals surface area contributed by atoms with Crippen LogP contribution in [0, 0.1) is 5.82 Å². The van der Waals surface area contributed by atoms with Crippen LogP contribution in [0.3, 0.4) is 0 Å². The Morgan fingerprint density at radius 3 is 2.95 bits per heavy atom. The Hall–Kier alpha value is -1.81. The minimum Gasteiger partial charge on any atom is -0.307 e. The zero-order valence-corrected chi connectivity index (χ0v) is 10.6. The second-order valence-electron chi connectivity index (χ2n) is 4.81. The summed E-state index contributed by atoms with van der Waals surface area (Å²) in [5.74, 6) is 0.565. The molecule has 1 aliphatic heterocycles. The number of rotatable bonds is 2. The minimum absolute atomic E-state index is 0.224. The average Bonchev–Trinajstić information content (AvgIpc) is 2.48. The molecule has 4 heteroatoms. The van der Waals surface area contributed by atoms with E-state index in [1.54, 1.807) is 12.3 Å². The molecule has 19 heavy (non-hydrogen) atoms. The van der Waals surface area contributed by atoms with Crippen LogP contribution in [-0.4, -0.2) is 16.5 Å². The molecule has 1 unspecified atom stereocenters. The van der Waals surface area contributed by atoms with Crippen LogP contribution in [0.5, 0.6) is 0 Å². The quantitative estimate of drug-likeness (QED) is 0.898. The maximum atomic E-state index is 13.3. The first-order valence-corrected chi connectivity index (χ1v) is 6.65. The molecule has 2 aromatic rings. The predicted octanol–water partition coefficient (Wildman–Crippen LogP) is 3.10. The van der Waals surface area contributed by atoms with Crippen molar-refractivity contribution >= 4 is 0 Å². The SMILES string of the molecule is Fc1cccc(-c2ccnc(C3CCCCN3)n2)c1. The summed E-state index contributed by atoms with van der Waals surface area (Å²) in [7, 11) is 0. The smallest absolute Gasteiger partial charge is 0.145 e. The van der Waals surface area contributed by atoms with Crippen molar-refractivity contribution in [2.75, 3.05) is 6.54 Å². The van der Waals surface area contributed by atoms with Crippen molar-refractivity contribution in [3.05, 3.63) is 48.2 Å². The molecule has 3 nitrogen and oxygen atoms in total. The highest BCUT2D eigenvalue weighted by molar-refractivity contribution is 5.58. The van der Waals surface area contributed by atoms with Gasteiger partial charge in [-0.3, -0.25) is 0 Å². The first kappa shape index (κ1) is 12.2. The number of nitrogens with one attached hydrogen (secondary N) is 1. The molecular formula is C15H16FN3. The standard InChI is InChI=1S/C15H16FN3/c16-12-5-3-4-11(10-12)13-7-9-18-15(19-13)14-6-1-2-8-17-14/h3-5,7,9-10,14,17H,1-2,6,8H2. The molecule has 0 radical (unpaired) electrons. The molecule has 1 aromatic carbocycles. The third-order valence-corrected chi connectivity index (χ3v) is 3.42. The van der Waals surface area contributed by atoms with E-state index in [1.807, 2.05) is 12.1 Å². The van der Waals surface area contributed by atoms with Gasteiger partial charge in [-0.1, -0.05) is 18.6 Å². The number of hydrogen-bond acceptors (Lipinski definition) is 3. The second-order valence-corrected chi connectivity index (χ2v) is 4.81. The van der Waals surface area contributed by atoms with E-state index in [1.165, 1.54) is 25.0 Å². The number of piperidine rings is 1. The Balaban J connectivity index is 1.91. The van der Waals surface area contributed by atoms with E-state index >= 15 is 0 Å². The van der Waals surface area contributed by atoms with Gasteiger partial charge in [-0.05, 0) is 37.6 Å². The van der Waals surface area contributed by atoms with Gasteiger partial charge < -0.3 is 5.32 Å². The molecular weight excluding hydrogens is 241 g/mol. The summed E-state index contributed by atoms with van der Waals surface area (Å²) < 4.78 is 13.3. The van der Waals surface area contributed by atoms with Crippen molar-refractivity contribution in [3.63, 3.8) is 0 Å². The molecule has 2 heterocycles. The summed E-state index contributed by atoms with van der Waals surface area (Å²) in [6.07, 6.45) is 5.22. The molecule has 1 fully saturated rings. The Morgan fingerprint density at radius 2 is 2.16 bits per heavy atom. The van der Waals surface area contributed by atoms with Gasteiger partial charge in [0.2, 0.25) is 0 Å². The van der Waals surface area contributed by atoms with Gasteiger partial charge >= 0.3 is 0 Å². The van der Waals surface area contributed by atoms with Gasteiger partial charge in [-0.2, -0.15) is 0 Å². The fourth-order valence-electron chi connectivity index (χ4n) is 2.42. The van der Waals surface area contributed by atoms with Gasteiger partial charge in [0, 0.05) is 11.8 Å². The number of benzene rings is 1. The van der Waals surface area contributed by atoms with E-state index in [0.29, 0.717) is 0 Å². The van der Waals surface area contributed by atoms with Gasteiger partial charge in [0.15, 0.2) is 0 Å². The molecule has 3 rings (SSSR count). The van der Waals surface area contributed by atoms with Crippen molar-refractivity contribution in [3.8, 4) is 11.3 Å². The summed E-state index contributed by atoms with van der Waals surface area (Å²) in [6.45, 7) is 1.01. The number of aromatic nitrogens is 2. The molecule has 0 aliphatic carbocycles. The van der Waals surface area contributed by atoms with E-state index in [4.69, 9.17) is 0 Å². The Morgan fingerprint density at radius 1 is 1.21 bits per heavy atom. The van der Waals surface area contributed by atoms with Crippen molar-refractivity contribution in [1.82, 2.24) is 15.3 Å². The molecule has 0 amide bonds. The normalized spacial score (nSPS) is 19.3. The molecule has 0 saturated carbocycles. The van der Waals surface area contributed by atoms with Crippen LogP contribution in [0.25, 0.3) is 11.3 Å². The first-order chi connectivity index (χ1) is 9.33. The van der Waals surface area contributed by atoms with Crippen LogP contribution in [0.15, 0.2) is 36.5 Å². The predicted molar refractivity (Wildman–Crippen MR) is 72.0 cm³/mol. The Labute approximate surface area is 111 Å². The monoisotopic (exact) mass is 257 g/mol. The van der Waals surface area contributed by atoms with Gasteiger partial charge in [0.05, 0.1) is 11.7 Å². The first-order valence-electron chi connectivity index (χ1n) is 6.65. The summed E-state index contributed by atoms with van der Waals surface area (Å²) in [5, 5.41) is 3.43. The largest absolute Gasteiger partial charge is 0.307 e. The summed E-state index contributed by atoms with van der Waals surface area (Å²) in [5.41, 5.74) is 1.57. The van der Waals surface area contributed by atoms with Crippen LogP contribution in [0.4, 0.5) is 4.39 Å². The highest BCUT2D eigenvalue weighted by Gasteiger charge is 2.17. The van der Waals surface area contributed by atoms with Gasteiger partial charge in [0.25, 0.3) is 0 Å². The maximum Gasteiger partial charge on any atom is 0.145 e. The molecule has 1 aromatic heterocycles. The molecule has 98 valence electrons. The highest BCUT2D eigenvalue weighted by atomic mass is 19.1. The molecule has 1 N–H and O–H groups in total. The fraction of sp³-hybridized carbons (Fsp3) is 0.333. The van der Waals surface area contributed by atoms with Gasteiger partial charge in [-0.15, -0.1) is 0 Å². The maximum absolute atomic E-state index is 13.3. The van der Waals surface area contributed by atoms with E-state index in [2.05, 4.69) is 15.3 Å². The number of halogens is 1. The number of nitrogens with zero attached hydrogens (tertiary/aromatic N) is 2. The number of hydrogen-bond donors (Lipinski definition) is 1. The fourth-order valence-corrected chi connectivity index (χ4v) is 2.42. The summed E-state index contributed by atoms with van der Waals surface area (Å²) in [4.78, 5) is 8.91.